The van der Waals surface area contributed by atoms with Crippen LogP contribution in [0, 0.1) is 0 Å². The van der Waals surface area contributed by atoms with Crippen molar-refractivity contribution in [2.24, 2.45) is 0 Å². The van der Waals surface area contributed by atoms with Crippen molar-refractivity contribution in [3.8, 4) is 11.5 Å². The minimum Gasteiger partial charge on any atom is -0.457 e. The summed E-state index contributed by atoms with van der Waals surface area (Å²) in [4.78, 5) is 2.32. The summed E-state index contributed by atoms with van der Waals surface area (Å²) in [6.07, 6.45) is 0. The van der Waals surface area contributed by atoms with Gasteiger partial charge in [0, 0.05) is 21.8 Å². The molecule has 7 rings (SSSR count). The molecule has 0 aromatic heterocycles. The first-order valence-electron chi connectivity index (χ1n) is 11.4. The van der Waals surface area contributed by atoms with E-state index in [2.05, 4.69) is 102 Å². The summed E-state index contributed by atoms with van der Waals surface area (Å²) in [6, 6.07) is 42.2. The number of ether oxygens (including phenoxy) is 1. The van der Waals surface area contributed by atoms with Gasteiger partial charge in [0.05, 0.1) is 16.8 Å². The third-order valence-corrected chi connectivity index (χ3v) is 7.21. The van der Waals surface area contributed by atoms with Crippen molar-refractivity contribution in [1.82, 2.24) is 0 Å². The average molecular weight is 458 g/mol. The van der Waals surface area contributed by atoms with Gasteiger partial charge in [0.25, 0.3) is 0 Å². The highest BCUT2D eigenvalue weighted by molar-refractivity contribution is 6.31. The Bertz CT molecular complexity index is 1510. The number of fused-ring (bicyclic) bond motifs is 8. The van der Waals surface area contributed by atoms with E-state index in [-0.39, 0.29) is 0 Å². The molecule has 3 heteroatoms. The topological polar surface area (TPSA) is 12.5 Å². The second-order valence-electron chi connectivity index (χ2n) is 8.69. The first kappa shape index (κ1) is 19.5. The molecule has 0 saturated heterocycles. The van der Waals surface area contributed by atoms with E-state index >= 15 is 0 Å². The van der Waals surface area contributed by atoms with E-state index in [1.54, 1.807) is 0 Å². The monoisotopic (exact) mass is 457 g/mol. The Hall–Kier alpha value is -4.01. The van der Waals surface area contributed by atoms with Crippen LogP contribution in [-0.4, -0.2) is 0 Å². The molecule has 0 unspecified atom stereocenters. The predicted octanol–water partition coefficient (Wildman–Crippen LogP) is 8.61. The molecule has 0 atom stereocenters. The molecule has 5 aromatic carbocycles. The molecule has 0 fully saturated rings. The number of halogens is 1. The third kappa shape index (κ3) is 2.52. The fourth-order valence-electron chi connectivity index (χ4n) is 5.70. The Morgan fingerprint density at radius 3 is 1.79 bits per heavy atom. The molecule has 2 nitrogen and oxygen atoms in total. The molecule has 5 aromatic rings. The van der Waals surface area contributed by atoms with Crippen molar-refractivity contribution in [2.45, 2.75) is 5.41 Å². The molecule has 2 aliphatic rings. The van der Waals surface area contributed by atoms with Gasteiger partial charge in [-0.1, -0.05) is 90.5 Å². The molecule has 0 N–H and O–H groups in total. The summed E-state index contributed by atoms with van der Waals surface area (Å²) >= 11 is 6.63. The Morgan fingerprint density at radius 1 is 0.529 bits per heavy atom. The SMILES string of the molecule is Clc1ccc2c(c1)N(c1ccccc1)c1ccccc1C21c2ccccc2Oc2ccccc21. The molecule has 34 heavy (non-hydrogen) atoms. The summed E-state index contributed by atoms with van der Waals surface area (Å²) in [5.74, 6) is 1.76. The average Bonchev–Trinajstić information content (AvgIpc) is 2.89. The Balaban J connectivity index is 1.68. The van der Waals surface area contributed by atoms with Crippen molar-refractivity contribution in [1.29, 1.82) is 0 Å². The van der Waals surface area contributed by atoms with E-state index in [0.29, 0.717) is 5.02 Å². The normalized spacial score (nSPS) is 14.4. The van der Waals surface area contributed by atoms with Gasteiger partial charge in [-0.25, -0.2) is 0 Å². The van der Waals surface area contributed by atoms with Crippen LogP contribution in [-0.2, 0) is 5.41 Å². The van der Waals surface area contributed by atoms with Gasteiger partial charge in [-0.15, -0.1) is 0 Å². The first-order valence-corrected chi connectivity index (χ1v) is 11.8. The lowest BCUT2D eigenvalue weighted by molar-refractivity contribution is 0.434. The highest BCUT2D eigenvalue weighted by Crippen LogP contribution is 2.62. The summed E-state index contributed by atoms with van der Waals surface area (Å²) in [7, 11) is 0. The zero-order valence-electron chi connectivity index (χ0n) is 18.3. The highest BCUT2D eigenvalue weighted by Gasteiger charge is 2.51. The third-order valence-electron chi connectivity index (χ3n) is 6.97. The van der Waals surface area contributed by atoms with Crippen LogP contribution in [0.15, 0.2) is 121 Å². The van der Waals surface area contributed by atoms with Crippen LogP contribution < -0.4 is 9.64 Å². The second-order valence-corrected chi connectivity index (χ2v) is 9.13. The maximum atomic E-state index is 6.63. The molecule has 0 bridgehead atoms. The van der Waals surface area contributed by atoms with Crippen molar-refractivity contribution in [3.63, 3.8) is 0 Å². The summed E-state index contributed by atoms with van der Waals surface area (Å²) < 4.78 is 6.43. The lowest BCUT2D eigenvalue weighted by Gasteiger charge is -2.48. The molecular weight excluding hydrogens is 438 g/mol. The Kier molecular flexibility index (Phi) is 4.15. The van der Waals surface area contributed by atoms with Gasteiger partial charge in [0.1, 0.15) is 11.5 Å². The van der Waals surface area contributed by atoms with Crippen molar-refractivity contribution in [2.75, 3.05) is 4.90 Å². The van der Waals surface area contributed by atoms with E-state index in [4.69, 9.17) is 16.3 Å². The maximum Gasteiger partial charge on any atom is 0.132 e. The smallest absolute Gasteiger partial charge is 0.132 e. The van der Waals surface area contributed by atoms with Gasteiger partial charge in [0.15, 0.2) is 0 Å². The van der Waals surface area contributed by atoms with Gasteiger partial charge in [-0.05, 0) is 53.6 Å². The lowest BCUT2D eigenvalue weighted by atomic mass is 9.61. The standard InChI is InChI=1S/C31H20ClNO/c32-21-18-19-24-28(20-21)33(22-10-2-1-3-11-22)27-15-7-4-12-23(27)31(24)25-13-5-8-16-29(25)34-30-17-9-6-14-26(30)31/h1-20H. The number of rotatable bonds is 1. The van der Waals surface area contributed by atoms with E-state index in [9.17, 15) is 0 Å². The van der Waals surface area contributed by atoms with E-state index in [1.165, 1.54) is 11.1 Å². The van der Waals surface area contributed by atoms with Gasteiger partial charge >= 0.3 is 0 Å². The van der Waals surface area contributed by atoms with Crippen molar-refractivity contribution < 1.29 is 4.74 Å². The van der Waals surface area contributed by atoms with E-state index < -0.39 is 5.41 Å². The molecule has 0 radical (unpaired) electrons. The zero-order valence-corrected chi connectivity index (χ0v) is 19.0. The second kappa shape index (κ2) is 7.24. The summed E-state index contributed by atoms with van der Waals surface area (Å²) in [5.41, 5.74) is 7.45. The summed E-state index contributed by atoms with van der Waals surface area (Å²) in [5, 5.41) is 0.711. The quantitative estimate of drug-likeness (QED) is 0.244. The molecule has 0 amide bonds. The minimum atomic E-state index is -0.534. The van der Waals surface area contributed by atoms with Crippen molar-refractivity contribution in [3.05, 3.63) is 149 Å². The minimum absolute atomic E-state index is 0.534. The molecule has 2 heterocycles. The van der Waals surface area contributed by atoms with Gasteiger partial charge < -0.3 is 9.64 Å². The van der Waals surface area contributed by atoms with Crippen LogP contribution in [0.4, 0.5) is 17.1 Å². The number of para-hydroxylation sites is 4. The molecule has 1 spiro atoms. The van der Waals surface area contributed by atoms with Crippen LogP contribution in [0.5, 0.6) is 11.5 Å². The number of benzene rings is 5. The Labute approximate surface area is 203 Å². The van der Waals surface area contributed by atoms with E-state index in [1.807, 2.05) is 24.3 Å². The van der Waals surface area contributed by atoms with E-state index in [0.717, 1.165) is 39.7 Å². The van der Waals surface area contributed by atoms with Crippen LogP contribution in [0.3, 0.4) is 0 Å². The van der Waals surface area contributed by atoms with Gasteiger partial charge in [-0.2, -0.15) is 0 Å². The lowest BCUT2D eigenvalue weighted by Crippen LogP contribution is -2.39. The fourth-order valence-corrected chi connectivity index (χ4v) is 5.86. The van der Waals surface area contributed by atoms with Crippen LogP contribution in [0.2, 0.25) is 5.02 Å². The highest BCUT2D eigenvalue weighted by atomic mass is 35.5. The first-order chi connectivity index (χ1) is 16.8. The van der Waals surface area contributed by atoms with Crippen LogP contribution >= 0.6 is 11.6 Å². The number of hydrogen-bond donors (Lipinski definition) is 0. The van der Waals surface area contributed by atoms with Gasteiger partial charge in [0.2, 0.25) is 0 Å². The molecule has 2 aliphatic heterocycles. The number of hydrogen-bond acceptors (Lipinski definition) is 2. The number of anilines is 3. The van der Waals surface area contributed by atoms with Crippen LogP contribution in [0.1, 0.15) is 22.3 Å². The largest absolute Gasteiger partial charge is 0.457 e. The Morgan fingerprint density at radius 2 is 1.09 bits per heavy atom. The number of nitrogens with zero attached hydrogens (tertiary/aromatic N) is 1. The van der Waals surface area contributed by atoms with Crippen LogP contribution in [0.25, 0.3) is 0 Å². The molecule has 162 valence electrons. The molecular formula is C31H20ClNO. The maximum absolute atomic E-state index is 6.63. The summed E-state index contributed by atoms with van der Waals surface area (Å²) in [6.45, 7) is 0. The zero-order chi connectivity index (χ0) is 22.7. The molecule has 0 aliphatic carbocycles. The van der Waals surface area contributed by atoms with Gasteiger partial charge in [-0.3, -0.25) is 0 Å². The molecule has 0 saturated carbocycles. The predicted molar refractivity (Wildman–Crippen MR) is 138 cm³/mol. The van der Waals surface area contributed by atoms with Crippen molar-refractivity contribution >= 4 is 28.7 Å². The fraction of sp³-hybridized carbons (Fsp3) is 0.0323.